The molecule has 1 aromatic carbocycles. The summed E-state index contributed by atoms with van der Waals surface area (Å²) in [5.41, 5.74) is 1.54. The second-order valence-corrected chi connectivity index (χ2v) is 8.43. The van der Waals surface area contributed by atoms with Crippen molar-refractivity contribution in [2.75, 3.05) is 19.0 Å². The molecule has 150 valence electrons. The minimum Gasteiger partial charge on any atom is -0.492 e. The zero-order valence-electron chi connectivity index (χ0n) is 15.5. The fourth-order valence-corrected chi connectivity index (χ4v) is 4.92. The first-order chi connectivity index (χ1) is 13.5. The minimum absolute atomic E-state index is 0.158. The molecule has 0 bridgehead atoms. The molecule has 0 radical (unpaired) electrons. The zero-order chi connectivity index (χ0) is 20.1. The highest BCUT2D eigenvalue weighted by atomic mass is 35.5. The summed E-state index contributed by atoms with van der Waals surface area (Å²) in [7, 11) is 1.36. The van der Waals surface area contributed by atoms with E-state index >= 15 is 0 Å². The lowest BCUT2D eigenvalue weighted by atomic mass is 9.95. The molecule has 1 amide bonds. The standard InChI is InChI=1S/C20H21Cl2NO4S/c1-26-20(25)18-13-5-2-3-6-16(13)28-19(18)23-17(24)7-4-10-27-15-9-8-12(21)11-14(15)22/h8-9,11H,2-7,10H2,1H3,(H,23,24). The van der Waals surface area contributed by atoms with Gasteiger partial charge in [-0.05, 0) is 55.9 Å². The Hall–Kier alpha value is -1.76. The zero-order valence-corrected chi connectivity index (χ0v) is 17.8. The molecule has 0 spiro atoms. The minimum atomic E-state index is -0.393. The van der Waals surface area contributed by atoms with E-state index in [1.807, 2.05) is 0 Å². The van der Waals surface area contributed by atoms with E-state index in [2.05, 4.69) is 5.32 Å². The van der Waals surface area contributed by atoms with Gasteiger partial charge in [-0.3, -0.25) is 4.79 Å². The summed E-state index contributed by atoms with van der Waals surface area (Å²) in [6.45, 7) is 0.347. The smallest absolute Gasteiger partial charge is 0.341 e. The first kappa shape index (κ1) is 21.0. The molecule has 0 saturated heterocycles. The monoisotopic (exact) mass is 441 g/mol. The normalized spacial score (nSPS) is 13.0. The number of fused-ring (bicyclic) bond motifs is 1. The SMILES string of the molecule is COC(=O)c1c(NC(=O)CCCOc2ccc(Cl)cc2Cl)sc2c1CCCC2. The van der Waals surface area contributed by atoms with E-state index in [9.17, 15) is 9.59 Å². The van der Waals surface area contributed by atoms with Gasteiger partial charge in [-0.25, -0.2) is 4.79 Å². The van der Waals surface area contributed by atoms with Crippen LogP contribution < -0.4 is 10.1 Å². The summed E-state index contributed by atoms with van der Waals surface area (Å²) >= 11 is 13.4. The highest BCUT2D eigenvalue weighted by Crippen LogP contribution is 2.38. The van der Waals surface area contributed by atoms with Crippen LogP contribution in [0.3, 0.4) is 0 Å². The van der Waals surface area contributed by atoms with Crippen molar-refractivity contribution >= 4 is 51.4 Å². The van der Waals surface area contributed by atoms with Crippen LogP contribution in [-0.4, -0.2) is 25.6 Å². The summed E-state index contributed by atoms with van der Waals surface area (Å²) in [5, 5.41) is 4.44. The highest BCUT2D eigenvalue weighted by molar-refractivity contribution is 7.17. The number of anilines is 1. The average Bonchev–Trinajstić information content (AvgIpc) is 3.03. The van der Waals surface area contributed by atoms with Crippen molar-refractivity contribution in [1.82, 2.24) is 0 Å². The molecule has 1 aliphatic carbocycles. The molecule has 0 unspecified atom stereocenters. The van der Waals surface area contributed by atoms with Gasteiger partial charge in [0.25, 0.3) is 0 Å². The Balaban J connectivity index is 1.56. The van der Waals surface area contributed by atoms with Crippen LogP contribution in [0.4, 0.5) is 5.00 Å². The van der Waals surface area contributed by atoms with E-state index in [0.717, 1.165) is 31.2 Å². The molecule has 8 heteroatoms. The fraction of sp³-hybridized carbons (Fsp3) is 0.400. The number of aryl methyl sites for hydroxylation is 1. The van der Waals surface area contributed by atoms with E-state index in [-0.39, 0.29) is 12.3 Å². The third-order valence-corrected chi connectivity index (χ3v) is 6.25. The van der Waals surface area contributed by atoms with Crippen molar-refractivity contribution in [3.8, 4) is 5.75 Å². The predicted octanol–water partition coefficient (Wildman–Crippen LogP) is 5.52. The van der Waals surface area contributed by atoms with Gasteiger partial charge in [0.15, 0.2) is 0 Å². The van der Waals surface area contributed by atoms with Crippen molar-refractivity contribution in [2.45, 2.75) is 38.5 Å². The van der Waals surface area contributed by atoms with Gasteiger partial charge < -0.3 is 14.8 Å². The molecular formula is C20H21Cl2NO4S. The molecule has 1 heterocycles. The number of esters is 1. The molecule has 0 saturated carbocycles. The number of carbonyl (C=O) groups excluding carboxylic acids is 2. The lowest BCUT2D eigenvalue weighted by molar-refractivity contribution is -0.116. The lowest BCUT2D eigenvalue weighted by Gasteiger charge is -2.11. The van der Waals surface area contributed by atoms with Crippen LogP contribution in [0.2, 0.25) is 10.0 Å². The average molecular weight is 442 g/mol. The Labute approximate surface area is 177 Å². The number of thiophene rings is 1. The number of hydrogen-bond donors (Lipinski definition) is 1. The third kappa shape index (κ3) is 4.99. The van der Waals surface area contributed by atoms with Crippen LogP contribution >= 0.6 is 34.5 Å². The number of methoxy groups -OCH3 is 1. The fourth-order valence-electron chi connectivity index (χ4n) is 3.17. The van der Waals surface area contributed by atoms with Gasteiger partial charge in [0.1, 0.15) is 10.8 Å². The van der Waals surface area contributed by atoms with E-state index in [1.165, 1.54) is 23.3 Å². The summed E-state index contributed by atoms with van der Waals surface area (Å²) in [6, 6.07) is 5.00. The maximum atomic E-state index is 12.4. The Morgan fingerprint density at radius 1 is 1.21 bits per heavy atom. The molecule has 0 fully saturated rings. The van der Waals surface area contributed by atoms with Crippen LogP contribution in [0.1, 0.15) is 46.5 Å². The topological polar surface area (TPSA) is 64.6 Å². The van der Waals surface area contributed by atoms with Gasteiger partial charge in [-0.15, -0.1) is 11.3 Å². The third-order valence-electron chi connectivity index (χ3n) is 4.51. The summed E-state index contributed by atoms with van der Waals surface area (Å²) in [4.78, 5) is 25.7. The largest absolute Gasteiger partial charge is 0.492 e. The summed E-state index contributed by atoms with van der Waals surface area (Å²) in [5.74, 6) is -0.0182. The first-order valence-corrected chi connectivity index (χ1v) is 10.7. The quantitative estimate of drug-likeness (QED) is 0.453. The molecule has 28 heavy (non-hydrogen) atoms. The number of carbonyl (C=O) groups is 2. The van der Waals surface area contributed by atoms with Gasteiger partial charge in [0.2, 0.25) is 5.91 Å². The molecule has 2 aromatic rings. The summed E-state index contributed by atoms with van der Waals surface area (Å²) in [6.07, 6.45) is 4.73. The lowest BCUT2D eigenvalue weighted by Crippen LogP contribution is -2.15. The van der Waals surface area contributed by atoms with Gasteiger partial charge in [-0.2, -0.15) is 0 Å². The number of amides is 1. The van der Waals surface area contributed by atoms with Crippen molar-refractivity contribution in [2.24, 2.45) is 0 Å². The van der Waals surface area contributed by atoms with E-state index in [0.29, 0.717) is 39.4 Å². The molecule has 3 rings (SSSR count). The number of rotatable bonds is 7. The number of halogens is 2. The molecular weight excluding hydrogens is 421 g/mol. The van der Waals surface area contributed by atoms with Crippen LogP contribution in [0.25, 0.3) is 0 Å². The van der Waals surface area contributed by atoms with Crippen molar-refractivity contribution in [1.29, 1.82) is 0 Å². The van der Waals surface area contributed by atoms with Crippen molar-refractivity contribution in [3.05, 3.63) is 44.2 Å². The summed E-state index contributed by atoms with van der Waals surface area (Å²) < 4.78 is 10.5. The van der Waals surface area contributed by atoms with E-state index < -0.39 is 5.97 Å². The maximum Gasteiger partial charge on any atom is 0.341 e. The van der Waals surface area contributed by atoms with Crippen LogP contribution in [0, 0.1) is 0 Å². The van der Waals surface area contributed by atoms with Gasteiger partial charge in [-0.1, -0.05) is 23.2 Å². The van der Waals surface area contributed by atoms with Gasteiger partial charge in [0, 0.05) is 16.3 Å². The van der Waals surface area contributed by atoms with Gasteiger partial charge in [0.05, 0.1) is 24.3 Å². The van der Waals surface area contributed by atoms with E-state index in [1.54, 1.807) is 18.2 Å². The predicted molar refractivity (Wildman–Crippen MR) is 112 cm³/mol. The molecule has 0 aliphatic heterocycles. The number of ether oxygens (including phenoxy) is 2. The van der Waals surface area contributed by atoms with Crippen LogP contribution in [0.5, 0.6) is 5.75 Å². The number of nitrogens with one attached hydrogen (secondary N) is 1. The van der Waals surface area contributed by atoms with Crippen molar-refractivity contribution in [3.63, 3.8) is 0 Å². The second-order valence-electron chi connectivity index (χ2n) is 6.48. The number of hydrogen-bond acceptors (Lipinski definition) is 5. The Kier molecular flexibility index (Phi) is 7.21. The highest BCUT2D eigenvalue weighted by Gasteiger charge is 2.26. The Morgan fingerprint density at radius 3 is 2.75 bits per heavy atom. The molecule has 0 atom stereocenters. The molecule has 5 nitrogen and oxygen atoms in total. The Morgan fingerprint density at radius 2 is 2.00 bits per heavy atom. The van der Waals surface area contributed by atoms with Crippen LogP contribution in [0.15, 0.2) is 18.2 Å². The van der Waals surface area contributed by atoms with Gasteiger partial charge >= 0.3 is 5.97 Å². The molecule has 1 aromatic heterocycles. The Bertz CT molecular complexity index is 881. The van der Waals surface area contributed by atoms with E-state index in [4.69, 9.17) is 32.7 Å². The maximum absolute atomic E-state index is 12.4. The van der Waals surface area contributed by atoms with Crippen molar-refractivity contribution < 1.29 is 19.1 Å². The first-order valence-electron chi connectivity index (χ1n) is 9.10. The van der Waals surface area contributed by atoms with Crippen LogP contribution in [-0.2, 0) is 22.4 Å². The molecule has 1 N–H and O–H groups in total. The second kappa shape index (κ2) is 9.63. The number of benzene rings is 1. The molecule has 1 aliphatic rings.